The summed E-state index contributed by atoms with van der Waals surface area (Å²) in [6, 6.07) is 15.7. The summed E-state index contributed by atoms with van der Waals surface area (Å²) in [5.41, 5.74) is 3.73. The molecule has 0 amide bonds. The minimum atomic E-state index is -2.80. The van der Waals surface area contributed by atoms with Crippen LogP contribution in [-0.4, -0.2) is 6.61 Å². The van der Waals surface area contributed by atoms with Crippen LogP contribution >= 0.6 is 0 Å². The minimum Gasteiger partial charge on any atom is -0.435 e. The average Bonchev–Trinajstić information content (AvgIpc) is 2.79. The monoisotopic (exact) mass is 422 g/mol. The van der Waals surface area contributed by atoms with Crippen LogP contribution in [0.1, 0.15) is 74.5 Å². The molecule has 1 aliphatic carbocycles. The van der Waals surface area contributed by atoms with Crippen molar-refractivity contribution >= 4 is 0 Å². The molecule has 0 bridgehead atoms. The van der Waals surface area contributed by atoms with Gasteiger partial charge in [0.15, 0.2) is 0 Å². The lowest BCUT2D eigenvalue weighted by atomic mass is 9.78. The fourth-order valence-electron chi connectivity index (χ4n) is 4.21. The Morgan fingerprint density at radius 1 is 0.968 bits per heavy atom. The third-order valence-electron chi connectivity index (χ3n) is 6.04. The maximum absolute atomic E-state index is 12.2. The Labute approximate surface area is 185 Å². The van der Waals surface area contributed by atoms with Crippen molar-refractivity contribution in [2.24, 2.45) is 5.92 Å². The van der Waals surface area contributed by atoms with Gasteiger partial charge < -0.3 is 4.74 Å². The maximum Gasteiger partial charge on any atom is 0.387 e. The van der Waals surface area contributed by atoms with Gasteiger partial charge in [-0.15, -0.1) is 0 Å². The smallest absolute Gasteiger partial charge is 0.387 e. The molecule has 0 atom stereocenters. The van der Waals surface area contributed by atoms with Gasteiger partial charge in [-0.05, 0) is 91.8 Å². The van der Waals surface area contributed by atoms with E-state index in [1.807, 2.05) is 6.08 Å². The second-order valence-electron chi connectivity index (χ2n) is 8.34. The summed E-state index contributed by atoms with van der Waals surface area (Å²) in [7, 11) is 0. The summed E-state index contributed by atoms with van der Waals surface area (Å²) in [5.74, 6) is 7.51. The first kappa shape index (κ1) is 23.1. The molecule has 0 heterocycles. The van der Waals surface area contributed by atoms with Gasteiger partial charge in [0.05, 0.1) is 0 Å². The Morgan fingerprint density at radius 3 is 2.32 bits per heavy atom. The van der Waals surface area contributed by atoms with Crippen LogP contribution in [0.4, 0.5) is 8.78 Å². The zero-order valence-corrected chi connectivity index (χ0v) is 18.3. The van der Waals surface area contributed by atoms with Crippen LogP contribution in [0.15, 0.2) is 60.7 Å². The van der Waals surface area contributed by atoms with Crippen molar-refractivity contribution in [2.45, 2.75) is 70.8 Å². The summed E-state index contributed by atoms with van der Waals surface area (Å²) in [6.45, 7) is -0.555. The van der Waals surface area contributed by atoms with Crippen molar-refractivity contribution in [3.05, 3.63) is 77.4 Å². The molecule has 1 nitrogen and oxygen atoms in total. The fourth-order valence-corrected chi connectivity index (χ4v) is 4.21. The molecular formula is C28H32F2O. The van der Waals surface area contributed by atoms with Crippen molar-refractivity contribution in [1.82, 2.24) is 0 Å². The molecule has 1 fully saturated rings. The molecule has 0 unspecified atom stereocenters. The molecule has 2 aromatic carbocycles. The van der Waals surface area contributed by atoms with Crippen LogP contribution in [0.2, 0.25) is 0 Å². The lowest BCUT2D eigenvalue weighted by Crippen LogP contribution is -2.11. The molecule has 0 radical (unpaired) electrons. The van der Waals surface area contributed by atoms with Crippen LogP contribution in [0.5, 0.6) is 5.75 Å². The molecule has 0 N–H and O–H groups in total. The van der Waals surface area contributed by atoms with E-state index in [1.54, 1.807) is 12.1 Å². The Kier molecular flexibility index (Phi) is 9.16. The molecule has 164 valence electrons. The second-order valence-corrected chi connectivity index (χ2v) is 8.34. The van der Waals surface area contributed by atoms with Crippen molar-refractivity contribution < 1.29 is 13.5 Å². The molecule has 0 aromatic heterocycles. The predicted octanol–water partition coefficient (Wildman–Crippen LogP) is 7.90. The van der Waals surface area contributed by atoms with Gasteiger partial charge in [-0.1, -0.05) is 61.9 Å². The van der Waals surface area contributed by atoms with Crippen molar-refractivity contribution in [1.29, 1.82) is 0 Å². The quantitative estimate of drug-likeness (QED) is 0.310. The molecule has 0 spiro atoms. The van der Waals surface area contributed by atoms with E-state index < -0.39 is 6.61 Å². The van der Waals surface area contributed by atoms with E-state index in [0.717, 1.165) is 5.56 Å². The Bertz CT molecular complexity index is 864. The van der Waals surface area contributed by atoms with Gasteiger partial charge in [0.1, 0.15) is 5.75 Å². The van der Waals surface area contributed by atoms with E-state index >= 15 is 0 Å². The second kappa shape index (κ2) is 12.3. The number of halogens is 2. The highest BCUT2D eigenvalue weighted by Gasteiger charge is 2.20. The van der Waals surface area contributed by atoms with Gasteiger partial charge in [0, 0.05) is 5.56 Å². The maximum atomic E-state index is 12.2. The van der Waals surface area contributed by atoms with Gasteiger partial charge >= 0.3 is 6.61 Å². The molecule has 3 rings (SSSR count). The van der Waals surface area contributed by atoms with Crippen molar-refractivity contribution in [3.63, 3.8) is 0 Å². The van der Waals surface area contributed by atoms with Crippen LogP contribution in [0, 0.1) is 17.8 Å². The van der Waals surface area contributed by atoms with Gasteiger partial charge in [-0.2, -0.15) is 8.78 Å². The van der Waals surface area contributed by atoms with E-state index in [4.69, 9.17) is 0 Å². The molecule has 1 saturated carbocycles. The number of unbranched alkanes of at least 4 members (excludes halogenated alkanes) is 2. The third kappa shape index (κ3) is 7.87. The van der Waals surface area contributed by atoms with Crippen molar-refractivity contribution in [3.8, 4) is 17.6 Å². The molecule has 0 aliphatic heterocycles. The van der Waals surface area contributed by atoms with Crippen LogP contribution in [0.25, 0.3) is 0 Å². The lowest BCUT2D eigenvalue weighted by molar-refractivity contribution is -0.0498. The number of alkyl halides is 2. The van der Waals surface area contributed by atoms with Crippen LogP contribution < -0.4 is 4.74 Å². The number of benzene rings is 2. The minimum absolute atomic E-state index is 0.152. The van der Waals surface area contributed by atoms with E-state index in [-0.39, 0.29) is 5.75 Å². The molecule has 31 heavy (non-hydrogen) atoms. The largest absolute Gasteiger partial charge is 0.435 e. The number of aryl methyl sites for hydroxylation is 1. The van der Waals surface area contributed by atoms with Gasteiger partial charge in [0.25, 0.3) is 0 Å². The number of allylic oxidation sites excluding steroid dienone is 2. The standard InChI is InChI=1S/C28H32F2O/c1-2-3-4-7-22-10-16-25(17-11-22)26-18-12-23(13-19-26)8-5-6-9-24-14-20-27(21-15-24)31-28(29)30/h5,8,10-11,14-17,20-21,23,26,28H,2-4,7,12-13,18-19H2,1H3/t23-,26-. The first-order valence-corrected chi connectivity index (χ1v) is 11.5. The predicted molar refractivity (Wildman–Crippen MR) is 123 cm³/mol. The van der Waals surface area contributed by atoms with E-state index in [0.29, 0.717) is 11.8 Å². The fraction of sp³-hybridized carbons (Fsp3) is 0.429. The summed E-state index contributed by atoms with van der Waals surface area (Å²) < 4.78 is 28.7. The summed E-state index contributed by atoms with van der Waals surface area (Å²) >= 11 is 0. The lowest BCUT2D eigenvalue weighted by Gasteiger charge is -2.27. The topological polar surface area (TPSA) is 9.23 Å². The SMILES string of the molecule is CCCCCc1ccc([C@H]2CC[C@H](C=CC#Cc3ccc(OC(F)F)cc3)CC2)cc1. The summed E-state index contributed by atoms with van der Waals surface area (Å²) in [5, 5.41) is 0. The number of rotatable bonds is 8. The summed E-state index contributed by atoms with van der Waals surface area (Å²) in [6.07, 6.45) is 14.1. The number of ether oxygens (including phenoxy) is 1. The first-order chi connectivity index (χ1) is 15.1. The van der Waals surface area contributed by atoms with Crippen LogP contribution in [-0.2, 0) is 6.42 Å². The Balaban J connectivity index is 1.43. The first-order valence-electron chi connectivity index (χ1n) is 11.5. The Morgan fingerprint density at radius 2 is 1.68 bits per heavy atom. The Hall–Kier alpha value is -2.60. The molecule has 1 aliphatic rings. The van der Waals surface area contributed by atoms with Crippen LogP contribution in [0.3, 0.4) is 0 Å². The van der Waals surface area contributed by atoms with Gasteiger partial charge in [-0.3, -0.25) is 0 Å². The van der Waals surface area contributed by atoms with E-state index in [1.165, 1.54) is 74.6 Å². The van der Waals surface area contributed by atoms with Crippen molar-refractivity contribution in [2.75, 3.05) is 0 Å². The molecular weight excluding hydrogens is 390 g/mol. The summed E-state index contributed by atoms with van der Waals surface area (Å²) in [4.78, 5) is 0. The highest BCUT2D eigenvalue weighted by Crippen LogP contribution is 2.36. The van der Waals surface area contributed by atoms with E-state index in [9.17, 15) is 8.78 Å². The van der Waals surface area contributed by atoms with Gasteiger partial charge in [-0.25, -0.2) is 0 Å². The molecule has 0 saturated heterocycles. The number of hydrogen-bond donors (Lipinski definition) is 0. The number of hydrogen-bond acceptors (Lipinski definition) is 1. The molecule has 2 aromatic rings. The normalized spacial score (nSPS) is 18.7. The zero-order valence-electron chi connectivity index (χ0n) is 18.3. The average molecular weight is 423 g/mol. The van der Waals surface area contributed by atoms with Gasteiger partial charge in [0.2, 0.25) is 0 Å². The zero-order chi connectivity index (χ0) is 21.9. The van der Waals surface area contributed by atoms with E-state index in [2.05, 4.69) is 53.8 Å². The highest BCUT2D eigenvalue weighted by atomic mass is 19.3. The third-order valence-corrected chi connectivity index (χ3v) is 6.04. The molecule has 3 heteroatoms. The highest BCUT2D eigenvalue weighted by molar-refractivity contribution is 5.40.